The van der Waals surface area contributed by atoms with Crippen LogP contribution in [-0.2, 0) is 9.53 Å². The zero-order valence-corrected chi connectivity index (χ0v) is 7.72. The summed E-state index contributed by atoms with van der Waals surface area (Å²) in [5.74, 6) is 0. The maximum Gasteiger partial charge on any atom is 0.248 e. The maximum absolute atomic E-state index is 10.3. The van der Waals surface area contributed by atoms with Crippen LogP contribution in [0, 0.1) is 0 Å². The third-order valence-corrected chi connectivity index (χ3v) is 2.15. The van der Waals surface area contributed by atoms with Crippen molar-refractivity contribution in [1.82, 2.24) is 0 Å². The van der Waals surface area contributed by atoms with E-state index in [1.165, 1.54) is 31.6 Å². The molecular formula is C9H13ClO2. The van der Waals surface area contributed by atoms with Gasteiger partial charge in [0.15, 0.2) is 0 Å². The Morgan fingerprint density at radius 2 is 2.00 bits per heavy atom. The molecule has 0 aromatic carbocycles. The second-order valence-electron chi connectivity index (χ2n) is 3.00. The fourth-order valence-electron chi connectivity index (χ4n) is 1.41. The van der Waals surface area contributed by atoms with Crippen LogP contribution in [0.2, 0.25) is 0 Å². The molecule has 0 unspecified atom stereocenters. The van der Waals surface area contributed by atoms with Crippen LogP contribution in [0.5, 0.6) is 0 Å². The quantitative estimate of drug-likeness (QED) is 0.387. The smallest absolute Gasteiger partial charge is 0.248 e. The molecule has 1 saturated carbocycles. The molecule has 0 aromatic heterocycles. The van der Waals surface area contributed by atoms with Crippen LogP contribution in [0.4, 0.5) is 0 Å². The first-order chi connectivity index (χ1) is 5.79. The van der Waals surface area contributed by atoms with Gasteiger partial charge in [0.05, 0.1) is 12.4 Å². The summed E-state index contributed by atoms with van der Waals surface area (Å²) in [5.41, 5.74) is 0. The van der Waals surface area contributed by atoms with Crippen molar-refractivity contribution >= 4 is 16.8 Å². The Hall–Kier alpha value is -0.500. The third-order valence-electron chi connectivity index (χ3n) is 2.02. The first kappa shape index (κ1) is 9.59. The second-order valence-corrected chi connectivity index (χ2v) is 3.38. The summed E-state index contributed by atoms with van der Waals surface area (Å²) in [6.07, 6.45) is 8.91. The number of hydrogen-bond donors (Lipinski definition) is 0. The molecule has 1 aliphatic rings. The standard InChI is InChI=1S/C9H13ClO2/c10-9(11)6-7-12-8-4-2-1-3-5-8/h6-8H,1-5H2/b7-6+. The minimum Gasteiger partial charge on any atom is -0.498 e. The van der Waals surface area contributed by atoms with E-state index in [0.29, 0.717) is 6.10 Å². The predicted octanol–water partition coefficient (Wildman–Crippen LogP) is 2.61. The van der Waals surface area contributed by atoms with Crippen LogP contribution in [0.25, 0.3) is 0 Å². The van der Waals surface area contributed by atoms with E-state index in [1.807, 2.05) is 0 Å². The molecule has 0 spiro atoms. The molecule has 68 valence electrons. The minimum atomic E-state index is -0.481. The van der Waals surface area contributed by atoms with E-state index in [4.69, 9.17) is 16.3 Å². The molecule has 0 bridgehead atoms. The van der Waals surface area contributed by atoms with Gasteiger partial charge in [-0.2, -0.15) is 0 Å². The minimum absolute atomic E-state index is 0.297. The fourth-order valence-corrected chi connectivity index (χ4v) is 1.46. The molecule has 1 rings (SSSR count). The topological polar surface area (TPSA) is 26.3 Å². The van der Waals surface area contributed by atoms with Crippen molar-refractivity contribution in [1.29, 1.82) is 0 Å². The van der Waals surface area contributed by atoms with E-state index in [9.17, 15) is 4.79 Å². The van der Waals surface area contributed by atoms with Gasteiger partial charge in [0, 0.05) is 6.08 Å². The molecule has 1 fully saturated rings. The summed E-state index contributed by atoms with van der Waals surface area (Å²) in [6, 6.07) is 0. The van der Waals surface area contributed by atoms with Crippen LogP contribution >= 0.6 is 11.6 Å². The van der Waals surface area contributed by atoms with Crippen LogP contribution < -0.4 is 0 Å². The molecule has 0 heterocycles. The van der Waals surface area contributed by atoms with Crippen LogP contribution in [0.3, 0.4) is 0 Å². The number of hydrogen-bond acceptors (Lipinski definition) is 2. The first-order valence-corrected chi connectivity index (χ1v) is 4.68. The van der Waals surface area contributed by atoms with E-state index >= 15 is 0 Å². The molecule has 2 nitrogen and oxygen atoms in total. The zero-order valence-electron chi connectivity index (χ0n) is 6.96. The van der Waals surface area contributed by atoms with Crippen molar-refractivity contribution < 1.29 is 9.53 Å². The third kappa shape index (κ3) is 3.77. The Morgan fingerprint density at radius 1 is 1.33 bits per heavy atom. The highest BCUT2D eigenvalue weighted by molar-refractivity contribution is 6.66. The molecule has 12 heavy (non-hydrogen) atoms. The summed E-state index contributed by atoms with van der Waals surface area (Å²) in [5, 5.41) is -0.481. The van der Waals surface area contributed by atoms with Gasteiger partial charge in [0.2, 0.25) is 5.24 Å². The highest BCUT2D eigenvalue weighted by Crippen LogP contribution is 2.20. The van der Waals surface area contributed by atoms with Gasteiger partial charge in [0.1, 0.15) is 0 Å². The number of carbonyl (C=O) groups excluding carboxylic acids is 1. The van der Waals surface area contributed by atoms with E-state index in [2.05, 4.69) is 0 Å². The second kappa shape index (κ2) is 5.20. The lowest BCUT2D eigenvalue weighted by atomic mass is 9.98. The number of carbonyl (C=O) groups is 1. The average molecular weight is 189 g/mol. The van der Waals surface area contributed by atoms with Crippen molar-refractivity contribution in [3.63, 3.8) is 0 Å². The van der Waals surface area contributed by atoms with E-state index in [1.54, 1.807) is 0 Å². The Bertz CT molecular complexity index is 171. The van der Waals surface area contributed by atoms with Gasteiger partial charge in [0.25, 0.3) is 0 Å². The highest BCUT2D eigenvalue weighted by atomic mass is 35.5. The predicted molar refractivity (Wildman–Crippen MR) is 48.0 cm³/mol. The van der Waals surface area contributed by atoms with Crippen molar-refractivity contribution in [2.75, 3.05) is 0 Å². The summed E-state index contributed by atoms with van der Waals surface area (Å²) in [7, 11) is 0. The van der Waals surface area contributed by atoms with Gasteiger partial charge in [-0.15, -0.1) is 0 Å². The fraction of sp³-hybridized carbons (Fsp3) is 0.667. The van der Waals surface area contributed by atoms with Gasteiger partial charge in [-0.3, -0.25) is 4.79 Å². The Labute approximate surface area is 77.5 Å². The van der Waals surface area contributed by atoms with Gasteiger partial charge in [-0.05, 0) is 37.3 Å². The summed E-state index contributed by atoms with van der Waals surface area (Å²) < 4.78 is 5.31. The summed E-state index contributed by atoms with van der Waals surface area (Å²) in [6.45, 7) is 0. The molecule has 3 heteroatoms. The molecule has 0 aromatic rings. The molecule has 0 radical (unpaired) electrons. The number of allylic oxidation sites excluding steroid dienone is 1. The molecule has 0 atom stereocenters. The molecule has 0 saturated heterocycles. The van der Waals surface area contributed by atoms with Crippen LogP contribution in [0.15, 0.2) is 12.3 Å². The molecule has 0 amide bonds. The average Bonchev–Trinajstić information content (AvgIpc) is 2.05. The molecular weight excluding hydrogens is 176 g/mol. The summed E-state index contributed by atoms with van der Waals surface area (Å²) in [4.78, 5) is 10.3. The number of ether oxygens (including phenoxy) is 1. The summed E-state index contributed by atoms with van der Waals surface area (Å²) >= 11 is 5.09. The van der Waals surface area contributed by atoms with Crippen molar-refractivity contribution in [3.05, 3.63) is 12.3 Å². The Balaban J connectivity index is 2.17. The maximum atomic E-state index is 10.3. The SMILES string of the molecule is O=C(Cl)/C=C/OC1CCCCC1. The molecule has 0 aliphatic heterocycles. The van der Waals surface area contributed by atoms with Crippen molar-refractivity contribution in [2.45, 2.75) is 38.2 Å². The van der Waals surface area contributed by atoms with E-state index in [0.717, 1.165) is 12.8 Å². The zero-order chi connectivity index (χ0) is 8.81. The van der Waals surface area contributed by atoms with E-state index in [-0.39, 0.29) is 0 Å². The van der Waals surface area contributed by atoms with E-state index < -0.39 is 5.24 Å². The molecule has 0 N–H and O–H groups in total. The van der Waals surface area contributed by atoms with Gasteiger partial charge in [-0.1, -0.05) is 6.42 Å². The first-order valence-electron chi connectivity index (χ1n) is 4.30. The van der Waals surface area contributed by atoms with Crippen molar-refractivity contribution in [2.24, 2.45) is 0 Å². The van der Waals surface area contributed by atoms with Crippen LogP contribution in [-0.4, -0.2) is 11.3 Å². The largest absolute Gasteiger partial charge is 0.498 e. The Morgan fingerprint density at radius 3 is 2.58 bits per heavy atom. The van der Waals surface area contributed by atoms with Gasteiger partial charge < -0.3 is 4.74 Å². The Kier molecular flexibility index (Phi) is 4.15. The van der Waals surface area contributed by atoms with Crippen LogP contribution in [0.1, 0.15) is 32.1 Å². The number of rotatable bonds is 3. The lowest BCUT2D eigenvalue weighted by Gasteiger charge is -2.20. The highest BCUT2D eigenvalue weighted by Gasteiger charge is 2.12. The lowest BCUT2D eigenvalue weighted by molar-refractivity contribution is -0.107. The normalized spacial score (nSPS) is 19.8. The van der Waals surface area contributed by atoms with Gasteiger partial charge in [-0.25, -0.2) is 0 Å². The lowest BCUT2D eigenvalue weighted by Crippen LogP contribution is -2.13. The monoisotopic (exact) mass is 188 g/mol. The van der Waals surface area contributed by atoms with Gasteiger partial charge >= 0.3 is 0 Å². The molecule has 1 aliphatic carbocycles. The van der Waals surface area contributed by atoms with Crippen molar-refractivity contribution in [3.8, 4) is 0 Å². The number of halogens is 1.